The SMILES string of the molecule is N=C(N)[C@@H](C1CCOCC1)N(C[C@@H]1CNC[C@@H]1F)C(=O)N1C[C@H](O)[C@H](OC(=O)NCCOCCN2C(=O)C=CC2=O)C1. The largest absolute Gasteiger partial charge is 0.442 e. The van der Waals surface area contributed by atoms with Gasteiger partial charge in [0, 0.05) is 57.5 Å². The summed E-state index contributed by atoms with van der Waals surface area (Å²) in [6, 6.07) is -1.27. The number of alkyl halides is 1. The first-order valence-electron chi connectivity index (χ1n) is 14.2. The van der Waals surface area contributed by atoms with Crippen molar-refractivity contribution in [3.8, 4) is 0 Å². The van der Waals surface area contributed by atoms with Crippen molar-refractivity contribution < 1.29 is 42.9 Å². The summed E-state index contributed by atoms with van der Waals surface area (Å²) < 4.78 is 30.7. The lowest BCUT2D eigenvalue weighted by Gasteiger charge is -2.40. The lowest BCUT2D eigenvalue weighted by molar-refractivity contribution is -0.137. The number of ether oxygens (including phenoxy) is 3. The first-order valence-corrected chi connectivity index (χ1v) is 14.2. The number of aliphatic hydroxyl groups is 1. The van der Waals surface area contributed by atoms with Gasteiger partial charge in [0.25, 0.3) is 11.8 Å². The van der Waals surface area contributed by atoms with Crippen LogP contribution < -0.4 is 16.4 Å². The molecule has 0 aromatic heterocycles. The summed E-state index contributed by atoms with van der Waals surface area (Å²) in [6.07, 6.45) is -0.560. The summed E-state index contributed by atoms with van der Waals surface area (Å²) in [4.78, 5) is 53.0. The van der Waals surface area contributed by atoms with E-state index in [0.29, 0.717) is 32.6 Å². The highest BCUT2D eigenvalue weighted by Crippen LogP contribution is 2.28. The number of carbonyl (C=O) groups excluding carboxylic acids is 4. The molecule has 5 amide bonds. The van der Waals surface area contributed by atoms with Gasteiger partial charge in [0.15, 0.2) is 0 Å². The molecule has 15 nitrogen and oxygen atoms in total. The van der Waals surface area contributed by atoms with E-state index in [2.05, 4.69) is 10.6 Å². The summed E-state index contributed by atoms with van der Waals surface area (Å²) in [5, 5.41) is 24.4. The number of alkyl carbamates (subject to hydrolysis) is 1. The molecule has 16 heteroatoms. The fourth-order valence-corrected chi connectivity index (χ4v) is 5.68. The topological polar surface area (TPSA) is 200 Å². The van der Waals surface area contributed by atoms with Gasteiger partial charge in [-0.25, -0.2) is 14.0 Å². The Bertz CT molecular complexity index is 1020. The molecule has 0 unspecified atom stereocenters. The van der Waals surface area contributed by atoms with E-state index < -0.39 is 54.3 Å². The summed E-state index contributed by atoms with van der Waals surface area (Å²) in [7, 11) is 0. The van der Waals surface area contributed by atoms with E-state index in [0.717, 1.165) is 4.90 Å². The number of imide groups is 1. The molecule has 5 atom stereocenters. The summed E-state index contributed by atoms with van der Waals surface area (Å²) >= 11 is 0. The molecule has 4 heterocycles. The molecule has 0 saturated carbocycles. The Morgan fingerprint density at radius 2 is 1.93 bits per heavy atom. The van der Waals surface area contributed by atoms with Gasteiger partial charge in [0.2, 0.25) is 0 Å². The molecule has 3 fully saturated rings. The van der Waals surface area contributed by atoms with Crippen LogP contribution >= 0.6 is 0 Å². The zero-order valence-corrected chi connectivity index (χ0v) is 23.4. The van der Waals surface area contributed by atoms with Gasteiger partial charge in [-0.05, 0) is 18.8 Å². The standard InChI is InChI=1S/C26H40FN7O8/c27-18-12-30-11-17(18)13-34(23(24(28)29)16-3-7-40-8-4-16)26(39)32-14-19(35)20(15-32)42-25(38)31-5-9-41-10-6-33-21(36)1-2-22(33)37/h1-2,16-20,23,30,35H,3-15H2,(H3,28,29)(H,31,38)/t17-,18-,19-,20+,23+/m0/s1. The molecule has 4 rings (SSSR count). The van der Waals surface area contributed by atoms with Crippen molar-refractivity contribution >= 4 is 29.8 Å². The number of halogens is 1. The number of amides is 5. The first-order chi connectivity index (χ1) is 20.2. The van der Waals surface area contributed by atoms with Crippen LogP contribution in [0.15, 0.2) is 12.2 Å². The van der Waals surface area contributed by atoms with E-state index >= 15 is 0 Å². The van der Waals surface area contributed by atoms with E-state index in [1.165, 1.54) is 22.0 Å². The molecule has 0 radical (unpaired) electrons. The minimum atomic E-state index is -1.15. The predicted octanol–water partition coefficient (Wildman–Crippen LogP) is -1.59. The number of amidine groups is 1. The number of nitrogens with two attached hydrogens (primary N) is 1. The lowest BCUT2D eigenvalue weighted by Crippen LogP contribution is -2.58. The Kier molecular flexibility index (Phi) is 11.1. The number of aliphatic hydroxyl groups excluding tert-OH is 1. The number of carbonyl (C=O) groups is 4. The second-order valence-corrected chi connectivity index (χ2v) is 10.8. The van der Waals surface area contributed by atoms with Gasteiger partial charge >= 0.3 is 12.1 Å². The molecular formula is C26H40FN7O8. The number of likely N-dealkylation sites (tertiary alicyclic amines) is 1. The lowest BCUT2D eigenvalue weighted by atomic mass is 9.89. The van der Waals surface area contributed by atoms with Gasteiger partial charge in [-0.1, -0.05) is 0 Å². The first kappa shape index (κ1) is 31.6. The van der Waals surface area contributed by atoms with Gasteiger partial charge in [0.1, 0.15) is 24.2 Å². The zero-order chi connectivity index (χ0) is 30.2. The third-order valence-corrected chi connectivity index (χ3v) is 7.94. The average molecular weight is 598 g/mol. The van der Waals surface area contributed by atoms with Crippen molar-refractivity contribution in [3.05, 3.63) is 12.2 Å². The molecule has 0 aliphatic carbocycles. The number of nitrogens with one attached hydrogen (secondary N) is 3. The molecule has 0 bridgehead atoms. The maximum Gasteiger partial charge on any atom is 0.407 e. The summed E-state index contributed by atoms with van der Waals surface area (Å²) in [5.41, 5.74) is 6.00. The van der Waals surface area contributed by atoms with Gasteiger partial charge in [-0.15, -0.1) is 0 Å². The van der Waals surface area contributed by atoms with Crippen molar-refractivity contribution in [2.24, 2.45) is 17.6 Å². The van der Waals surface area contributed by atoms with E-state index in [9.17, 15) is 28.7 Å². The maximum atomic E-state index is 14.6. The molecule has 0 spiro atoms. The third-order valence-electron chi connectivity index (χ3n) is 7.94. The Morgan fingerprint density at radius 1 is 1.21 bits per heavy atom. The molecule has 42 heavy (non-hydrogen) atoms. The molecule has 0 aromatic carbocycles. The number of β-amino-alcohol motifs (C(OH)–C–C–N with tert-alkyl or cyclic N) is 1. The van der Waals surface area contributed by atoms with Crippen LogP contribution in [0.1, 0.15) is 12.8 Å². The molecular weight excluding hydrogens is 557 g/mol. The predicted molar refractivity (Wildman–Crippen MR) is 145 cm³/mol. The van der Waals surface area contributed by atoms with Crippen molar-refractivity contribution in [2.75, 3.05) is 72.2 Å². The molecule has 234 valence electrons. The van der Waals surface area contributed by atoms with Crippen LogP contribution in [0.3, 0.4) is 0 Å². The van der Waals surface area contributed by atoms with E-state index in [-0.39, 0.29) is 64.2 Å². The van der Waals surface area contributed by atoms with Crippen LogP contribution in [-0.4, -0.2) is 146 Å². The molecule has 3 saturated heterocycles. The number of nitrogens with zero attached hydrogens (tertiary/aromatic N) is 3. The van der Waals surface area contributed by atoms with Gasteiger partial charge in [0.05, 0.1) is 38.9 Å². The Hall–Kier alpha value is -3.34. The van der Waals surface area contributed by atoms with E-state index in [1.807, 2.05) is 0 Å². The Balaban J connectivity index is 1.27. The fourth-order valence-electron chi connectivity index (χ4n) is 5.68. The van der Waals surface area contributed by atoms with Gasteiger partial charge < -0.3 is 45.5 Å². The summed E-state index contributed by atoms with van der Waals surface area (Å²) in [5.74, 6) is -1.61. The minimum Gasteiger partial charge on any atom is -0.442 e. The van der Waals surface area contributed by atoms with Crippen LogP contribution in [0, 0.1) is 17.2 Å². The normalized spacial score (nSPS) is 27.0. The van der Waals surface area contributed by atoms with Crippen LogP contribution in [0.2, 0.25) is 0 Å². The van der Waals surface area contributed by atoms with Gasteiger partial charge in [-0.2, -0.15) is 0 Å². The Morgan fingerprint density at radius 3 is 2.57 bits per heavy atom. The number of hydrogen-bond acceptors (Lipinski definition) is 10. The number of rotatable bonds is 12. The quantitative estimate of drug-likeness (QED) is 0.0756. The second kappa shape index (κ2) is 14.7. The number of hydrogen-bond donors (Lipinski definition) is 5. The highest BCUT2D eigenvalue weighted by Gasteiger charge is 2.43. The summed E-state index contributed by atoms with van der Waals surface area (Å²) in [6.45, 7) is 1.71. The van der Waals surface area contributed by atoms with E-state index in [4.69, 9.17) is 25.4 Å². The van der Waals surface area contributed by atoms with Gasteiger partial charge in [-0.3, -0.25) is 19.9 Å². The third kappa shape index (κ3) is 7.93. The average Bonchev–Trinajstić information content (AvgIpc) is 3.64. The molecule has 4 aliphatic rings. The van der Waals surface area contributed by atoms with Crippen molar-refractivity contribution in [1.82, 2.24) is 25.3 Å². The second-order valence-electron chi connectivity index (χ2n) is 10.8. The van der Waals surface area contributed by atoms with Crippen LogP contribution in [0.25, 0.3) is 0 Å². The van der Waals surface area contributed by atoms with Crippen molar-refractivity contribution in [2.45, 2.75) is 37.3 Å². The highest BCUT2D eigenvalue weighted by molar-refractivity contribution is 6.12. The number of urea groups is 1. The van der Waals surface area contributed by atoms with Crippen LogP contribution in [0.4, 0.5) is 14.0 Å². The molecule has 0 aromatic rings. The zero-order valence-electron chi connectivity index (χ0n) is 23.4. The van der Waals surface area contributed by atoms with E-state index in [1.54, 1.807) is 0 Å². The maximum absolute atomic E-state index is 14.6. The van der Waals surface area contributed by atoms with Crippen LogP contribution in [-0.2, 0) is 23.8 Å². The smallest absolute Gasteiger partial charge is 0.407 e. The Labute approximate surface area is 243 Å². The minimum absolute atomic E-state index is 0.0454. The highest BCUT2D eigenvalue weighted by atomic mass is 19.1. The molecule has 6 N–H and O–H groups in total. The monoisotopic (exact) mass is 597 g/mol. The molecule has 4 aliphatic heterocycles. The van der Waals surface area contributed by atoms with Crippen molar-refractivity contribution in [3.63, 3.8) is 0 Å². The fraction of sp³-hybridized carbons (Fsp3) is 0.731. The van der Waals surface area contributed by atoms with Crippen molar-refractivity contribution in [1.29, 1.82) is 5.41 Å². The van der Waals surface area contributed by atoms with Crippen LogP contribution in [0.5, 0.6) is 0 Å².